The maximum absolute atomic E-state index is 12.1. The van der Waals surface area contributed by atoms with E-state index in [1.165, 1.54) is 24.7 Å². The van der Waals surface area contributed by atoms with Crippen molar-refractivity contribution in [2.24, 2.45) is 0 Å². The van der Waals surface area contributed by atoms with Crippen LogP contribution in [0.15, 0.2) is 29.6 Å². The van der Waals surface area contributed by atoms with E-state index in [-0.39, 0.29) is 26.5 Å². The third kappa shape index (κ3) is 3.40. The van der Waals surface area contributed by atoms with E-state index < -0.39 is 10.0 Å². The van der Waals surface area contributed by atoms with E-state index >= 15 is 0 Å². The zero-order chi connectivity index (χ0) is 14.0. The van der Waals surface area contributed by atoms with Gasteiger partial charge < -0.3 is 4.98 Å². The van der Waals surface area contributed by atoms with Crippen LogP contribution < -0.4 is 4.72 Å². The second kappa shape index (κ2) is 5.68. The van der Waals surface area contributed by atoms with Gasteiger partial charge in [-0.25, -0.2) is 18.1 Å². The maximum atomic E-state index is 12.1. The minimum atomic E-state index is -3.83. The third-order valence-corrected chi connectivity index (χ3v) is 4.78. The first-order valence-corrected chi connectivity index (χ1v) is 7.63. The van der Waals surface area contributed by atoms with E-state index in [1.807, 2.05) is 0 Å². The average molecular weight is 341 g/mol. The van der Waals surface area contributed by atoms with Gasteiger partial charge >= 0.3 is 0 Å². The van der Waals surface area contributed by atoms with Crippen molar-refractivity contribution < 1.29 is 8.42 Å². The van der Waals surface area contributed by atoms with Gasteiger partial charge in [0.15, 0.2) is 0 Å². The first-order chi connectivity index (χ1) is 8.90. The Hall–Kier alpha value is -0.790. The highest BCUT2D eigenvalue weighted by Crippen LogP contribution is 2.32. The molecule has 0 spiro atoms. The van der Waals surface area contributed by atoms with Crippen LogP contribution in [0.4, 0.5) is 0 Å². The normalized spacial score (nSPS) is 11.7. The third-order valence-electron chi connectivity index (χ3n) is 2.24. The van der Waals surface area contributed by atoms with Gasteiger partial charge in [0.25, 0.3) is 0 Å². The summed E-state index contributed by atoms with van der Waals surface area (Å²) < 4.78 is 26.6. The summed E-state index contributed by atoms with van der Waals surface area (Å²) in [6, 6.07) is 2.64. The van der Waals surface area contributed by atoms with Crippen LogP contribution in [-0.2, 0) is 16.6 Å². The SMILES string of the molecule is O=S(=O)(NCc1cnc[nH]1)c1c(Cl)cc(Cl)cc1Cl. The minimum absolute atomic E-state index is 0.0328. The Balaban J connectivity index is 2.29. The summed E-state index contributed by atoms with van der Waals surface area (Å²) in [5.74, 6) is 0. The molecule has 19 heavy (non-hydrogen) atoms. The molecular formula is C10H8Cl3N3O2S. The van der Waals surface area contributed by atoms with Crippen molar-refractivity contribution in [3.63, 3.8) is 0 Å². The monoisotopic (exact) mass is 339 g/mol. The molecule has 1 aromatic heterocycles. The fourth-order valence-electron chi connectivity index (χ4n) is 1.41. The Bertz CT molecular complexity index is 663. The van der Waals surface area contributed by atoms with Crippen LogP contribution in [0.5, 0.6) is 0 Å². The van der Waals surface area contributed by atoms with Gasteiger partial charge in [-0.05, 0) is 12.1 Å². The standard InChI is InChI=1S/C10H8Cl3N3O2S/c11-6-1-8(12)10(9(13)2-6)19(17,18)16-4-7-3-14-5-15-7/h1-3,5,16H,4H2,(H,14,15). The highest BCUT2D eigenvalue weighted by Gasteiger charge is 2.22. The molecule has 0 aliphatic rings. The van der Waals surface area contributed by atoms with Crippen LogP contribution in [0.2, 0.25) is 15.1 Å². The van der Waals surface area contributed by atoms with Gasteiger partial charge in [0.2, 0.25) is 10.0 Å². The fourth-order valence-corrected chi connectivity index (χ4v) is 3.96. The predicted octanol–water partition coefficient (Wildman–Crippen LogP) is 2.85. The number of aromatic amines is 1. The molecule has 9 heteroatoms. The molecule has 0 amide bonds. The van der Waals surface area contributed by atoms with E-state index in [1.54, 1.807) is 0 Å². The van der Waals surface area contributed by atoms with Crippen molar-refractivity contribution in [2.75, 3.05) is 0 Å². The van der Waals surface area contributed by atoms with Gasteiger partial charge in [-0.15, -0.1) is 0 Å². The van der Waals surface area contributed by atoms with E-state index in [0.29, 0.717) is 5.69 Å². The molecule has 102 valence electrons. The van der Waals surface area contributed by atoms with Crippen molar-refractivity contribution in [3.05, 3.63) is 45.4 Å². The molecule has 0 saturated carbocycles. The Labute approximate surface area is 125 Å². The lowest BCUT2D eigenvalue weighted by Gasteiger charge is -2.09. The Morgan fingerprint density at radius 3 is 2.37 bits per heavy atom. The second-order valence-corrected chi connectivity index (χ2v) is 6.55. The number of hydrogen-bond donors (Lipinski definition) is 2. The number of hydrogen-bond acceptors (Lipinski definition) is 3. The van der Waals surface area contributed by atoms with E-state index in [9.17, 15) is 8.42 Å². The van der Waals surface area contributed by atoms with Crippen LogP contribution in [0, 0.1) is 0 Å². The molecular weight excluding hydrogens is 333 g/mol. The zero-order valence-corrected chi connectivity index (χ0v) is 12.4. The lowest BCUT2D eigenvalue weighted by molar-refractivity contribution is 0.580. The van der Waals surface area contributed by atoms with Gasteiger partial charge in [-0.3, -0.25) is 0 Å². The van der Waals surface area contributed by atoms with Gasteiger partial charge in [-0.1, -0.05) is 34.8 Å². The number of sulfonamides is 1. The molecule has 2 N–H and O–H groups in total. The van der Waals surface area contributed by atoms with Crippen molar-refractivity contribution in [2.45, 2.75) is 11.4 Å². The summed E-state index contributed by atoms with van der Waals surface area (Å²) in [6.45, 7) is 0.0532. The summed E-state index contributed by atoms with van der Waals surface area (Å²) in [4.78, 5) is 6.36. The second-order valence-electron chi connectivity index (χ2n) is 3.60. The number of benzene rings is 1. The van der Waals surface area contributed by atoms with E-state index in [4.69, 9.17) is 34.8 Å². The van der Waals surface area contributed by atoms with Crippen molar-refractivity contribution >= 4 is 44.8 Å². The number of imidazole rings is 1. The van der Waals surface area contributed by atoms with Gasteiger partial charge in [0.1, 0.15) is 4.90 Å². The van der Waals surface area contributed by atoms with Gasteiger partial charge in [0, 0.05) is 16.9 Å². The maximum Gasteiger partial charge on any atom is 0.243 e. The number of aromatic nitrogens is 2. The summed E-state index contributed by atoms with van der Waals surface area (Å²) >= 11 is 17.5. The quantitative estimate of drug-likeness (QED) is 0.898. The zero-order valence-electron chi connectivity index (χ0n) is 9.32. The molecule has 0 bridgehead atoms. The smallest absolute Gasteiger partial charge is 0.243 e. The van der Waals surface area contributed by atoms with Crippen LogP contribution >= 0.6 is 34.8 Å². The van der Waals surface area contributed by atoms with Crippen LogP contribution in [0.25, 0.3) is 0 Å². The molecule has 0 aliphatic carbocycles. The Kier molecular flexibility index (Phi) is 4.37. The Morgan fingerprint density at radius 2 is 1.84 bits per heavy atom. The first-order valence-electron chi connectivity index (χ1n) is 5.01. The van der Waals surface area contributed by atoms with Crippen molar-refractivity contribution in [1.29, 1.82) is 0 Å². The molecule has 0 aliphatic heterocycles. The summed E-state index contributed by atoms with van der Waals surface area (Å²) in [7, 11) is -3.83. The first kappa shape index (κ1) is 14.6. The van der Waals surface area contributed by atoms with Gasteiger partial charge in [-0.2, -0.15) is 0 Å². The lowest BCUT2D eigenvalue weighted by atomic mass is 10.4. The fraction of sp³-hybridized carbons (Fsp3) is 0.100. The van der Waals surface area contributed by atoms with Crippen LogP contribution in [0.1, 0.15) is 5.69 Å². The molecule has 0 saturated heterocycles. The largest absolute Gasteiger partial charge is 0.347 e. The molecule has 0 unspecified atom stereocenters. The summed E-state index contributed by atoms with van der Waals surface area (Å²) in [6.07, 6.45) is 2.96. The van der Waals surface area contributed by atoms with Gasteiger partial charge in [0.05, 0.1) is 22.9 Å². The van der Waals surface area contributed by atoms with Crippen molar-refractivity contribution in [3.8, 4) is 0 Å². The molecule has 5 nitrogen and oxygen atoms in total. The molecule has 1 aromatic carbocycles. The van der Waals surface area contributed by atoms with Crippen LogP contribution in [0.3, 0.4) is 0 Å². The number of nitrogens with zero attached hydrogens (tertiary/aromatic N) is 1. The molecule has 0 fully saturated rings. The van der Waals surface area contributed by atoms with Crippen molar-refractivity contribution in [1.82, 2.24) is 14.7 Å². The average Bonchev–Trinajstić information content (AvgIpc) is 2.77. The van der Waals surface area contributed by atoms with E-state index in [0.717, 1.165) is 0 Å². The minimum Gasteiger partial charge on any atom is -0.347 e. The molecule has 2 rings (SSSR count). The van der Waals surface area contributed by atoms with E-state index in [2.05, 4.69) is 14.7 Å². The number of rotatable bonds is 4. The highest BCUT2D eigenvalue weighted by atomic mass is 35.5. The predicted molar refractivity (Wildman–Crippen MR) is 74.1 cm³/mol. The van der Waals surface area contributed by atoms with Crippen LogP contribution in [-0.4, -0.2) is 18.4 Å². The molecule has 2 aromatic rings. The molecule has 1 heterocycles. The lowest BCUT2D eigenvalue weighted by Crippen LogP contribution is -2.24. The number of nitrogens with one attached hydrogen (secondary N) is 2. The molecule has 0 radical (unpaired) electrons. The molecule has 0 atom stereocenters. The highest BCUT2D eigenvalue weighted by molar-refractivity contribution is 7.89. The summed E-state index contributed by atoms with van der Waals surface area (Å²) in [5.41, 5.74) is 0.616. The summed E-state index contributed by atoms with van der Waals surface area (Å²) in [5, 5.41) is 0.201. The topological polar surface area (TPSA) is 74.8 Å². The number of halogens is 3. The number of H-pyrrole nitrogens is 1. The Morgan fingerprint density at radius 1 is 1.21 bits per heavy atom.